The highest BCUT2D eigenvalue weighted by atomic mass is 15.3. The van der Waals surface area contributed by atoms with E-state index in [1.807, 2.05) is 12.4 Å². The lowest BCUT2D eigenvalue weighted by molar-refractivity contribution is 0.0960. The van der Waals surface area contributed by atoms with Crippen molar-refractivity contribution < 1.29 is 0 Å². The van der Waals surface area contributed by atoms with Crippen molar-refractivity contribution in [1.29, 1.82) is 0 Å². The molecule has 4 rings (SSSR count). The number of aryl methyl sites for hydroxylation is 2. The van der Waals surface area contributed by atoms with Crippen LogP contribution in [-0.2, 0) is 13.6 Å². The number of piperidine rings is 1. The quantitative estimate of drug-likeness (QED) is 0.869. The molecule has 128 valence electrons. The number of nitrogens with zero attached hydrogens (tertiary/aromatic N) is 5. The second kappa shape index (κ2) is 6.20. The van der Waals surface area contributed by atoms with E-state index in [-0.39, 0.29) is 0 Å². The van der Waals surface area contributed by atoms with Gasteiger partial charge in [0.2, 0.25) is 0 Å². The third-order valence-electron chi connectivity index (χ3n) is 5.89. The summed E-state index contributed by atoms with van der Waals surface area (Å²) >= 11 is 0. The lowest BCUT2D eigenvalue weighted by Gasteiger charge is -2.45. The van der Waals surface area contributed by atoms with Crippen LogP contribution in [-0.4, -0.2) is 44.6 Å². The number of hydrogen-bond donors (Lipinski definition) is 0. The maximum atomic E-state index is 4.70. The highest BCUT2D eigenvalue weighted by Crippen LogP contribution is 2.39. The highest BCUT2D eigenvalue weighted by Gasteiger charge is 2.43. The molecule has 0 amide bonds. The summed E-state index contributed by atoms with van der Waals surface area (Å²) in [6.07, 6.45) is 9.05. The van der Waals surface area contributed by atoms with E-state index in [0.29, 0.717) is 5.54 Å². The minimum Gasteiger partial charge on any atom is -0.356 e. The molecule has 0 aliphatic carbocycles. The largest absolute Gasteiger partial charge is 0.356 e. The average molecular weight is 325 g/mol. The van der Waals surface area contributed by atoms with Gasteiger partial charge in [-0.2, -0.15) is 0 Å². The number of aromatic nitrogens is 3. The number of rotatable bonds is 3. The third-order valence-corrected chi connectivity index (χ3v) is 5.89. The van der Waals surface area contributed by atoms with Crippen LogP contribution in [0.2, 0.25) is 0 Å². The zero-order chi connectivity index (χ0) is 16.6. The van der Waals surface area contributed by atoms with Crippen LogP contribution in [0, 0.1) is 6.92 Å². The summed E-state index contributed by atoms with van der Waals surface area (Å²) in [4.78, 5) is 14.4. The molecular formula is C19H27N5. The Bertz CT molecular complexity index is 699. The Hall–Kier alpha value is -1.88. The molecule has 0 unspecified atom stereocenters. The molecule has 2 aromatic rings. The standard InChI is InChI=1S/C19H27N5/c1-16-5-3-6-17(21-16)23-12-8-19(9-13-23)7-4-11-24(19)15-18-20-10-14-22(18)2/h3,5-6,10,14H,4,7-9,11-13,15H2,1-2H3. The molecule has 24 heavy (non-hydrogen) atoms. The van der Waals surface area contributed by atoms with E-state index in [1.165, 1.54) is 38.1 Å². The molecule has 2 saturated heterocycles. The van der Waals surface area contributed by atoms with E-state index in [9.17, 15) is 0 Å². The molecule has 0 bridgehead atoms. The fraction of sp³-hybridized carbons (Fsp3) is 0.579. The normalized spacial score (nSPS) is 20.8. The molecule has 0 atom stereocenters. The molecule has 1 spiro atoms. The predicted octanol–water partition coefficient (Wildman–Crippen LogP) is 2.76. The maximum absolute atomic E-state index is 4.70. The van der Waals surface area contributed by atoms with Gasteiger partial charge in [-0.1, -0.05) is 6.07 Å². The average Bonchev–Trinajstić information content (AvgIpc) is 3.16. The van der Waals surface area contributed by atoms with Crippen molar-refractivity contribution in [3.8, 4) is 0 Å². The van der Waals surface area contributed by atoms with E-state index in [1.54, 1.807) is 0 Å². The zero-order valence-electron chi connectivity index (χ0n) is 14.8. The van der Waals surface area contributed by atoms with E-state index >= 15 is 0 Å². The van der Waals surface area contributed by atoms with Crippen molar-refractivity contribution in [2.45, 2.75) is 44.7 Å². The van der Waals surface area contributed by atoms with Crippen LogP contribution in [0.5, 0.6) is 0 Å². The van der Waals surface area contributed by atoms with Crippen LogP contribution in [0.25, 0.3) is 0 Å². The minimum absolute atomic E-state index is 0.367. The lowest BCUT2D eigenvalue weighted by Crippen LogP contribution is -2.52. The molecule has 5 nitrogen and oxygen atoms in total. The first kappa shape index (κ1) is 15.6. The van der Waals surface area contributed by atoms with Crippen molar-refractivity contribution in [2.24, 2.45) is 7.05 Å². The fourth-order valence-electron chi connectivity index (χ4n) is 4.38. The van der Waals surface area contributed by atoms with Gasteiger partial charge >= 0.3 is 0 Å². The van der Waals surface area contributed by atoms with Crippen LogP contribution in [0.4, 0.5) is 5.82 Å². The summed E-state index contributed by atoms with van der Waals surface area (Å²) in [5.74, 6) is 2.32. The Morgan fingerprint density at radius 1 is 1.12 bits per heavy atom. The number of pyridine rings is 1. The molecular weight excluding hydrogens is 298 g/mol. The van der Waals surface area contributed by atoms with Crippen LogP contribution < -0.4 is 4.90 Å². The molecule has 0 aromatic carbocycles. The first-order chi connectivity index (χ1) is 11.7. The number of hydrogen-bond acceptors (Lipinski definition) is 4. The van der Waals surface area contributed by atoms with Crippen molar-refractivity contribution in [1.82, 2.24) is 19.4 Å². The van der Waals surface area contributed by atoms with E-state index in [2.05, 4.69) is 51.5 Å². The van der Waals surface area contributed by atoms with Crippen LogP contribution in [0.1, 0.15) is 37.2 Å². The van der Waals surface area contributed by atoms with Crippen LogP contribution in [0.15, 0.2) is 30.6 Å². The molecule has 5 heteroatoms. The summed E-state index contributed by atoms with van der Waals surface area (Å²) in [5.41, 5.74) is 1.47. The van der Waals surface area contributed by atoms with Crippen molar-refractivity contribution >= 4 is 5.82 Å². The number of anilines is 1. The molecule has 0 radical (unpaired) electrons. The van der Waals surface area contributed by atoms with Gasteiger partial charge in [0.1, 0.15) is 11.6 Å². The molecule has 4 heterocycles. The van der Waals surface area contributed by atoms with Gasteiger partial charge in [0, 0.05) is 43.8 Å². The van der Waals surface area contributed by atoms with Gasteiger partial charge in [0.05, 0.1) is 6.54 Å². The second-order valence-corrected chi connectivity index (χ2v) is 7.33. The van der Waals surface area contributed by atoms with Gasteiger partial charge in [0.15, 0.2) is 0 Å². The predicted molar refractivity (Wildman–Crippen MR) is 96.0 cm³/mol. The summed E-state index contributed by atoms with van der Waals surface area (Å²) in [6.45, 7) is 6.46. The van der Waals surface area contributed by atoms with Gasteiger partial charge < -0.3 is 9.47 Å². The van der Waals surface area contributed by atoms with Crippen molar-refractivity contribution in [3.05, 3.63) is 42.1 Å². The van der Waals surface area contributed by atoms with Crippen LogP contribution in [0.3, 0.4) is 0 Å². The van der Waals surface area contributed by atoms with Gasteiger partial charge in [0.25, 0.3) is 0 Å². The summed E-state index contributed by atoms with van der Waals surface area (Å²) in [7, 11) is 2.09. The lowest BCUT2D eigenvalue weighted by atomic mass is 9.85. The summed E-state index contributed by atoms with van der Waals surface area (Å²) in [5, 5.41) is 0. The molecule has 0 saturated carbocycles. The number of imidazole rings is 1. The molecule has 0 N–H and O–H groups in total. The Labute approximate surface area is 144 Å². The van der Waals surface area contributed by atoms with Crippen LogP contribution >= 0.6 is 0 Å². The Morgan fingerprint density at radius 2 is 1.96 bits per heavy atom. The maximum Gasteiger partial charge on any atom is 0.128 e. The molecule has 2 aliphatic rings. The third kappa shape index (κ3) is 2.81. The first-order valence-corrected chi connectivity index (χ1v) is 9.06. The molecule has 2 aliphatic heterocycles. The van der Waals surface area contributed by atoms with Crippen molar-refractivity contribution in [3.63, 3.8) is 0 Å². The molecule has 2 aromatic heterocycles. The topological polar surface area (TPSA) is 37.2 Å². The smallest absolute Gasteiger partial charge is 0.128 e. The van der Waals surface area contributed by atoms with E-state index < -0.39 is 0 Å². The van der Waals surface area contributed by atoms with E-state index in [0.717, 1.165) is 31.1 Å². The van der Waals surface area contributed by atoms with E-state index in [4.69, 9.17) is 4.98 Å². The summed E-state index contributed by atoms with van der Waals surface area (Å²) < 4.78 is 2.15. The van der Waals surface area contributed by atoms with Crippen molar-refractivity contribution in [2.75, 3.05) is 24.5 Å². The van der Waals surface area contributed by atoms with Gasteiger partial charge in [-0.25, -0.2) is 9.97 Å². The van der Waals surface area contributed by atoms with Gasteiger partial charge in [-0.3, -0.25) is 4.90 Å². The monoisotopic (exact) mass is 325 g/mol. The number of likely N-dealkylation sites (tertiary alicyclic amines) is 1. The Kier molecular flexibility index (Phi) is 4.04. The minimum atomic E-state index is 0.367. The fourth-order valence-corrected chi connectivity index (χ4v) is 4.38. The van der Waals surface area contributed by atoms with Gasteiger partial charge in [-0.15, -0.1) is 0 Å². The second-order valence-electron chi connectivity index (χ2n) is 7.33. The SMILES string of the molecule is Cc1cccc(N2CCC3(CCCN3Cc3nccn3C)CC2)n1. The van der Waals surface area contributed by atoms with Gasteiger partial charge in [-0.05, 0) is 51.3 Å². The molecule has 2 fully saturated rings. The first-order valence-electron chi connectivity index (χ1n) is 9.06. The zero-order valence-corrected chi connectivity index (χ0v) is 14.8. The Balaban J connectivity index is 1.46. The highest BCUT2D eigenvalue weighted by molar-refractivity contribution is 5.40. The summed E-state index contributed by atoms with van der Waals surface area (Å²) in [6, 6.07) is 6.33. The Morgan fingerprint density at radius 3 is 2.67 bits per heavy atom.